The van der Waals surface area contributed by atoms with E-state index < -0.39 is 29.7 Å². The molecule has 0 fully saturated rings. The van der Waals surface area contributed by atoms with Gasteiger partial charge in [-0.2, -0.15) is 18.3 Å². The second-order valence-corrected chi connectivity index (χ2v) is 8.85. The Labute approximate surface area is 196 Å². The number of nitrogens with one attached hydrogen (secondary N) is 1. The van der Waals surface area contributed by atoms with Crippen LogP contribution in [-0.2, 0) is 11.0 Å². The molecule has 4 aromatic rings. The summed E-state index contributed by atoms with van der Waals surface area (Å²) in [5.74, 6) is -1.40. The fraction of sp³-hybridized carbons (Fsp3) is 0.217. The highest BCUT2D eigenvalue weighted by atomic mass is 32.1. The summed E-state index contributed by atoms with van der Waals surface area (Å²) in [6.45, 7) is 5.26. The van der Waals surface area contributed by atoms with E-state index in [0.29, 0.717) is 16.9 Å². The third kappa shape index (κ3) is 4.26. The molecule has 176 valence electrons. The van der Waals surface area contributed by atoms with Gasteiger partial charge >= 0.3 is 6.18 Å². The van der Waals surface area contributed by atoms with Crippen LogP contribution in [0.25, 0.3) is 21.3 Å². The number of nitrogens with two attached hydrogens (primary N) is 1. The molecule has 0 aliphatic carbocycles. The summed E-state index contributed by atoms with van der Waals surface area (Å²) in [6, 6.07) is 8.77. The van der Waals surface area contributed by atoms with Crippen molar-refractivity contribution in [3.63, 3.8) is 0 Å². The van der Waals surface area contributed by atoms with Crippen LogP contribution in [-0.4, -0.2) is 26.6 Å². The van der Waals surface area contributed by atoms with Gasteiger partial charge in [0.25, 0.3) is 5.91 Å². The third-order valence-corrected chi connectivity index (χ3v) is 6.50. The Morgan fingerprint density at radius 3 is 2.38 bits per heavy atom. The molecule has 1 atom stereocenters. The van der Waals surface area contributed by atoms with Crippen molar-refractivity contribution < 1.29 is 22.8 Å². The Kier molecular flexibility index (Phi) is 5.90. The zero-order valence-electron chi connectivity index (χ0n) is 18.4. The number of nitrogens with zero attached hydrogens (tertiary/aromatic N) is 3. The lowest BCUT2D eigenvalue weighted by molar-refractivity contribution is -0.140. The number of hydrogen-bond acceptors (Lipinski definition) is 5. The van der Waals surface area contributed by atoms with Crippen LogP contribution < -0.4 is 11.1 Å². The van der Waals surface area contributed by atoms with Crippen molar-refractivity contribution in [3.8, 4) is 11.1 Å². The molecule has 0 radical (unpaired) electrons. The molecule has 0 aliphatic heterocycles. The fourth-order valence-electron chi connectivity index (χ4n) is 3.62. The molecule has 2 amide bonds. The van der Waals surface area contributed by atoms with E-state index in [9.17, 15) is 22.8 Å². The van der Waals surface area contributed by atoms with Gasteiger partial charge < -0.3 is 11.1 Å². The number of fused-ring (bicyclic) bond motifs is 1. The van der Waals surface area contributed by atoms with Crippen molar-refractivity contribution in [1.29, 1.82) is 0 Å². The number of primary amides is 1. The molecular formula is C23H20F3N5O2S. The summed E-state index contributed by atoms with van der Waals surface area (Å²) in [5, 5.41) is 7.04. The highest BCUT2D eigenvalue weighted by Crippen LogP contribution is 2.43. The molecule has 34 heavy (non-hydrogen) atoms. The average Bonchev–Trinajstić information content (AvgIpc) is 3.36. The van der Waals surface area contributed by atoms with Crippen LogP contribution in [0.2, 0.25) is 0 Å². The molecule has 4 rings (SSSR count). The molecule has 0 saturated carbocycles. The Morgan fingerprint density at radius 2 is 1.82 bits per heavy atom. The molecule has 1 unspecified atom stereocenters. The number of amides is 2. The Balaban J connectivity index is 1.94. The number of anilines is 1. The maximum absolute atomic E-state index is 13.6. The van der Waals surface area contributed by atoms with Crippen LogP contribution in [0.1, 0.15) is 39.6 Å². The van der Waals surface area contributed by atoms with Gasteiger partial charge in [0.1, 0.15) is 21.4 Å². The van der Waals surface area contributed by atoms with Crippen LogP contribution in [0.15, 0.2) is 42.6 Å². The molecule has 3 heterocycles. The molecule has 11 heteroatoms. The Bertz CT molecular complexity index is 1410. The summed E-state index contributed by atoms with van der Waals surface area (Å²) in [4.78, 5) is 28.9. The van der Waals surface area contributed by atoms with Crippen LogP contribution in [0, 0.1) is 13.8 Å². The maximum atomic E-state index is 13.6. The molecule has 3 N–H and O–H groups in total. The summed E-state index contributed by atoms with van der Waals surface area (Å²) in [5.41, 5.74) is 6.78. The van der Waals surface area contributed by atoms with Gasteiger partial charge in [-0.15, -0.1) is 11.3 Å². The van der Waals surface area contributed by atoms with E-state index in [1.54, 1.807) is 50.4 Å². The largest absolute Gasteiger partial charge is 0.433 e. The lowest BCUT2D eigenvalue weighted by Gasteiger charge is -2.16. The molecular weight excluding hydrogens is 467 g/mol. The number of aryl methyl sites for hydroxylation is 2. The van der Waals surface area contributed by atoms with Gasteiger partial charge in [0.15, 0.2) is 0 Å². The first-order valence-corrected chi connectivity index (χ1v) is 11.0. The predicted molar refractivity (Wildman–Crippen MR) is 124 cm³/mol. The van der Waals surface area contributed by atoms with Gasteiger partial charge in [-0.1, -0.05) is 29.8 Å². The third-order valence-electron chi connectivity index (χ3n) is 5.40. The van der Waals surface area contributed by atoms with Gasteiger partial charge in [0.2, 0.25) is 5.91 Å². The highest BCUT2D eigenvalue weighted by molar-refractivity contribution is 7.21. The van der Waals surface area contributed by atoms with Gasteiger partial charge in [-0.05, 0) is 44.0 Å². The minimum Gasteiger partial charge on any atom is -0.365 e. The standard InChI is InChI=1S/C23H20F3N5O2S/c1-11-4-6-14(7-5-11)15-10-16(23(24,25)26)29-22-17(15)18(19(34-22)20(27)32)30-21(33)13(3)31-12(2)8-9-28-31/h4-10,13H,1-3H3,(H2,27,32)(H,30,33). The monoisotopic (exact) mass is 487 g/mol. The molecule has 0 aliphatic rings. The number of aromatic nitrogens is 3. The summed E-state index contributed by atoms with van der Waals surface area (Å²) in [7, 11) is 0. The number of carbonyl (C=O) groups excluding carboxylic acids is 2. The van der Waals surface area contributed by atoms with Crippen LogP contribution in [0.3, 0.4) is 0 Å². The molecule has 0 saturated heterocycles. The predicted octanol–water partition coefficient (Wildman–Crippen LogP) is 5.09. The normalized spacial score (nSPS) is 12.6. The zero-order valence-corrected chi connectivity index (χ0v) is 19.2. The van der Waals surface area contributed by atoms with E-state index in [-0.39, 0.29) is 26.3 Å². The van der Waals surface area contributed by atoms with E-state index in [0.717, 1.165) is 17.3 Å². The van der Waals surface area contributed by atoms with E-state index in [2.05, 4.69) is 15.4 Å². The SMILES string of the molecule is Cc1ccc(-c2cc(C(F)(F)F)nc3sc(C(N)=O)c(NC(=O)C(C)n4nccc4C)c23)cc1. The topological polar surface area (TPSA) is 103 Å². The number of halogens is 3. The van der Waals surface area contributed by atoms with Crippen molar-refractivity contribution in [3.05, 3.63) is 64.4 Å². The summed E-state index contributed by atoms with van der Waals surface area (Å²) < 4.78 is 42.4. The van der Waals surface area contributed by atoms with Gasteiger partial charge in [0, 0.05) is 17.3 Å². The lowest BCUT2D eigenvalue weighted by atomic mass is 10.00. The first kappa shape index (κ1) is 23.4. The maximum Gasteiger partial charge on any atom is 0.433 e. The van der Waals surface area contributed by atoms with Crippen LogP contribution >= 0.6 is 11.3 Å². The highest BCUT2D eigenvalue weighted by Gasteiger charge is 2.35. The second-order valence-electron chi connectivity index (χ2n) is 7.85. The number of carbonyl (C=O) groups is 2. The molecule has 0 bridgehead atoms. The van der Waals surface area contributed by atoms with Crippen molar-refractivity contribution >= 4 is 39.1 Å². The first-order chi connectivity index (χ1) is 16.0. The van der Waals surface area contributed by atoms with Crippen molar-refractivity contribution in [2.45, 2.75) is 33.0 Å². The van der Waals surface area contributed by atoms with E-state index in [4.69, 9.17) is 5.73 Å². The van der Waals surface area contributed by atoms with Crippen molar-refractivity contribution in [1.82, 2.24) is 14.8 Å². The summed E-state index contributed by atoms with van der Waals surface area (Å²) >= 11 is 0.706. The van der Waals surface area contributed by atoms with E-state index >= 15 is 0 Å². The first-order valence-electron chi connectivity index (χ1n) is 10.2. The fourth-order valence-corrected chi connectivity index (χ4v) is 4.63. The van der Waals surface area contributed by atoms with E-state index in [1.807, 2.05) is 6.92 Å². The van der Waals surface area contributed by atoms with E-state index in [1.165, 1.54) is 4.68 Å². The molecule has 0 spiro atoms. The molecule has 1 aromatic carbocycles. The number of benzene rings is 1. The number of rotatable bonds is 5. The number of alkyl halides is 3. The Morgan fingerprint density at radius 1 is 1.15 bits per heavy atom. The second kappa shape index (κ2) is 8.56. The lowest BCUT2D eigenvalue weighted by Crippen LogP contribution is -2.26. The Hall–Kier alpha value is -3.73. The average molecular weight is 488 g/mol. The number of pyridine rings is 1. The summed E-state index contributed by atoms with van der Waals surface area (Å²) in [6.07, 6.45) is -3.16. The zero-order chi connectivity index (χ0) is 24.8. The van der Waals surface area contributed by atoms with Crippen LogP contribution in [0.4, 0.5) is 18.9 Å². The van der Waals surface area contributed by atoms with Crippen molar-refractivity contribution in [2.24, 2.45) is 5.73 Å². The van der Waals surface area contributed by atoms with Crippen LogP contribution in [0.5, 0.6) is 0 Å². The van der Waals surface area contributed by atoms with Gasteiger partial charge in [0.05, 0.1) is 5.69 Å². The van der Waals surface area contributed by atoms with Gasteiger partial charge in [-0.25, -0.2) is 4.98 Å². The van der Waals surface area contributed by atoms with Crippen molar-refractivity contribution in [2.75, 3.05) is 5.32 Å². The smallest absolute Gasteiger partial charge is 0.365 e. The minimum atomic E-state index is -4.71. The molecule has 3 aromatic heterocycles. The number of hydrogen-bond donors (Lipinski definition) is 2. The molecule has 7 nitrogen and oxygen atoms in total. The minimum absolute atomic E-state index is 0.0333. The van der Waals surface area contributed by atoms with Gasteiger partial charge in [-0.3, -0.25) is 14.3 Å². The quantitative estimate of drug-likeness (QED) is 0.409. The number of thiophene rings is 1.